The molecule has 1 aromatic heterocycles. The lowest BCUT2D eigenvalue weighted by molar-refractivity contribution is -0.141. The number of nitrogens with zero attached hydrogens (tertiary/aromatic N) is 1. The molecule has 5 rings (SSSR count). The number of pyridine rings is 1. The third-order valence-electron chi connectivity index (χ3n) is 8.19. The number of para-hydroxylation sites is 1. The molecular formula is C32H33F3N2O4. The maximum atomic E-state index is 13.3. The molecule has 2 aliphatic rings. The molecule has 1 aliphatic carbocycles. The van der Waals surface area contributed by atoms with Crippen molar-refractivity contribution in [3.8, 4) is 5.75 Å². The Morgan fingerprint density at radius 1 is 0.902 bits per heavy atom. The molecule has 0 bridgehead atoms. The van der Waals surface area contributed by atoms with Crippen LogP contribution in [0.25, 0.3) is 10.9 Å². The number of amides is 2. The van der Waals surface area contributed by atoms with Crippen molar-refractivity contribution in [2.75, 3.05) is 6.61 Å². The second kappa shape index (κ2) is 12.4. The van der Waals surface area contributed by atoms with Gasteiger partial charge in [0.15, 0.2) is 5.78 Å². The highest BCUT2D eigenvalue weighted by molar-refractivity contribution is 6.01. The number of carbonyl (C=O) groups excluding carboxylic acids is 3. The maximum Gasteiger partial charge on any atom is 0.433 e. The van der Waals surface area contributed by atoms with Crippen molar-refractivity contribution in [3.63, 3.8) is 0 Å². The molecule has 1 N–H and O–H groups in total. The van der Waals surface area contributed by atoms with Gasteiger partial charge in [-0.15, -0.1) is 0 Å². The fourth-order valence-corrected chi connectivity index (χ4v) is 5.94. The first-order valence-electron chi connectivity index (χ1n) is 14.3. The molecule has 41 heavy (non-hydrogen) atoms. The van der Waals surface area contributed by atoms with Gasteiger partial charge in [-0.25, -0.2) is 4.98 Å². The largest absolute Gasteiger partial charge is 0.493 e. The van der Waals surface area contributed by atoms with Gasteiger partial charge in [0.25, 0.3) is 0 Å². The Kier molecular flexibility index (Phi) is 8.71. The molecule has 0 radical (unpaired) electrons. The molecule has 2 heterocycles. The van der Waals surface area contributed by atoms with E-state index < -0.39 is 11.9 Å². The number of hydrogen-bond donors (Lipinski definition) is 1. The molecule has 0 saturated carbocycles. The van der Waals surface area contributed by atoms with E-state index in [1.807, 2.05) is 12.1 Å². The Morgan fingerprint density at radius 3 is 2.49 bits per heavy atom. The van der Waals surface area contributed by atoms with E-state index in [1.165, 1.54) is 0 Å². The number of hydrogen-bond acceptors (Lipinski definition) is 5. The van der Waals surface area contributed by atoms with E-state index in [0.717, 1.165) is 54.9 Å². The first kappa shape index (κ1) is 28.8. The molecular weight excluding hydrogens is 533 g/mol. The fourth-order valence-electron chi connectivity index (χ4n) is 5.94. The van der Waals surface area contributed by atoms with Crippen molar-refractivity contribution in [2.24, 2.45) is 11.8 Å². The predicted octanol–water partition coefficient (Wildman–Crippen LogP) is 6.62. The third-order valence-corrected chi connectivity index (χ3v) is 8.19. The molecule has 2 atom stereocenters. The molecule has 1 fully saturated rings. The number of piperidine rings is 1. The Hall–Kier alpha value is -3.75. The zero-order valence-corrected chi connectivity index (χ0v) is 22.8. The zero-order chi connectivity index (χ0) is 29.0. The lowest BCUT2D eigenvalue weighted by Crippen LogP contribution is -2.41. The van der Waals surface area contributed by atoms with Crippen LogP contribution in [0.5, 0.6) is 5.75 Å². The van der Waals surface area contributed by atoms with Crippen LogP contribution in [0.4, 0.5) is 13.2 Å². The highest BCUT2D eigenvalue weighted by Crippen LogP contribution is 2.35. The van der Waals surface area contributed by atoms with Crippen molar-refractivity contribution >= 4 is 28.5 Å². The van der Waals surface area contributed by atoms with Gasteiger partial charge in [-0.3, -0.25) is 19.7 Å². The number of rotatable bonds is 10. The van der Waals surface area contributed by atoms with Crippen LogP contribution in [0.1, 0.15) is 78.5 Å². The van der Waals surface area contributed by atoms with Gasteiger partial charge in [-0.05, 0) is 81.0 Å². The molecule has 3 aromatic rings. The number of halogens is 3. The normalized spacial score (nSPS) is 19.2. The SMILES string of the molecule is O=C1CCC(CCC2CCc3c(CCCCCOc4cc(C(F)(F)F)nc5ccccc45)cccc3C2=O)C(=O)N1. The lowest BCUT2D eigenvalue weighted by Gasteiger charge is -2.27. The van der Waals surface area contributed by atoms with Crippen LogP contribution in [0.2, 0.25) is 0 Å². The van der Waals surface area contributed by atoms with Crippen molar-refractivity contribution in [3.05, 3.63) is 70.9 Å². The smallest absolute Gasteiger partial charge is 0.433 e. The summed E-state index contributed by atoms with van der Waals surface area (Å²) in [5.74, 6) is -0.445. The number of benzene rings is 2. The van der Waals surface area contributed by atoms with Gasteiger partial charge in [0.05, 0.1) is 12.1 Å². The van der Waals surface area contributed by atoms with E-state index in [4.69, 9.17) is 4.74 Å². The lowest BCUT2D eigenvalue weighted by atomic mass is 9.77. The second-order valence-corrected chi connectivity index (χ2v) is 10.9. The Bertz CT molecular complexity index is 1450. The van der Waals surface area contributed by atoms with Crippen LogP contribution in [0.15, 0.2) is 48.5 Å². The minimum Gasteiger partial charge on any atom is -0.493 e. The summed E-state index contributed by atoms with van der Waals surface area (Å²) in [5, 5.41) is 2.94. The summed E-state index contributed by atoms with van der Waals surface area (Å²) in [6.07, 6.45) is 2.39. The number of Topliss-reactive ketones (excluding diaryl/α,β-unsaturated/α-hetero) is 1. The van der Waals surface area contributed by atoms with E-state index in [0.29, 0.717) is 44.1 Å². The van der Waals surface area contributed by atoms with Crippen molar-refractivity contribution in [2.45, 2.75) is 70.4 Å². The van der Waals surface area contributed by atoms with E-state index >= 15 is 0 Å². The standard InChI is InChI=1S/C32H33F3N2O4/c33-32(34,35)28-19-27(25-9-3-4-11-26(25)36-28)41-18-5-1-2-7-20-8-6-10-24-23(20)16-14-21(30(24)39)12-13-22-15-17-29(38)37-31(22)40/h3-4,6,8-11,19,21-22H,1-2,5,7,12-18H2,(H,37,38,40). The van der Waals surface area contributed by atoms with Crippen LogP contribution >= 0.6 is 0 Å². The molecule has 2 aromatic carbocycles. The van der Waals surface area contributed by atoms with E-state index in [2.05, 4.69) is 16.4 Å². The monoisotopic (exact) mass is 566 g/mol. The Balaban J connectivity index is 1.11. The van der Waals surface area contributed by atoms with Crippen molar-refractivity contribution in [1.29, 1.82) is 0 Å². The van der Waals surface area contributed by atoms with Gasteiger partial charge in [0.2, 0.25) is 11.8 Å². The quantitative estimate of drug-likeness (QED) is 0.220. The number of fused-ring (bicyclic) bond motifs is 2. The Morgan fingerprint density at radius 2 is 1.68 bits per heavy atom. The first-order valence-corrected chi connectivity index (χ1v) is 14.3. The van der Waals surface area contributed by atoms with Gasteiger partial charge in [-0.1, -0.05) is 30.3 Å². The highest BCUT2D eigenvalue weighted by Gasteiger charge is 2.34. The van der Waals surface area contributed by atoms with Gasteiger partial charge in [-0.2, -0.15) is 13.2 Å². The average molecular weight is 567 g/mol. The second-order valence-electron chi connectivity index (χ2n) is 10.9. The summed E-state index contributed by atoms with van der Waals surface area (Å²) in [6, 6.07) is 13.5. The molecule has 6 nitrogen and oxygen atoms in total. The summed E-state index contributed by atoms with van der Waals surface area (Å²) < 4.78 is 45.6. The van der Waals surface area contributed by atoms with E-state index in [-0.39, 0.29) is 40.7 Å². The van der Waals surface area contributed by atoms with Crippen LogP contribution in [0, 0.1) is 11.8 Å². The maximum absolute atomic E-state index is 13.3. The third kappa shape index (κ3) is 6.77. The number of alkyl halides is 3. The van der Waals surface area contributed by atoms with Gasteiger partial charge in [0, 0.05) is 35.3 Å². The topological polar surface area (TPSA) is 85.4 Å². The van der Waals surface area contributed by atoms with Gasteiger partial charge >= 0.3 is 6.18 Å². The van der Waals surface area contributed by atoms with Crippen LogP contribution in [0.3, 0.4) is 0 Å². The number of ether oxygens (including phenoxy) is 1. The molecule has 1 aliphatic heterocycles. The number of unbranched alkanes of at least 4 members (excludes halogenated alkanes) is 2. The zero-order valence-electron chi connectivity index (χ0n) is 22.8. The van der Waals surface area contributed by atoms with Crippen molar-refractivity contribution in [1.82, 2.24) is 10.3 Å². The number of aryl methyl sites for hydroxylation is 1. The van der Waals surface area contributed by atoms with Gasteiger partial charge < -0.3 is 4.74 Å². The summed E-state index contributed by atoms with van der Waals surface area (Å²) in [4.78, 5) is 40.4. The minimum atomic E-state index is -4.55. The number of ketones is 1. The summed E-state index contributed by atoms with van der Waals surface area (Å²) in [5.41, 5.74) is 2.33. The molecule has 9 heteroatoms. The summed E-state index contributed by atoms with van der Waals surface area (Å²) >= 11 is 0. The van der Waals surface area contributed by atoms with E-state index in [1.54, 1.807) is 24.3 Å². The fraction of sp³-hybridized carbons (Fsp3) is 0.438. The summed E-state index contributed by atoms with van der Waals surface area (Å²) in [7, 11) is 0. The predicted molar refractivity (Wildman–Crippen MR) is 147 cm³/mol. The van der Waals surface area contributed by atoms with Gasteiger partial charge in [0.1, 0.15) is 11.4 Å². The molecule has 2 unspecified atom stereocenters. The van der Waals surface area contributed by atoms with E-state index in [9.17, 15) is 27.6 Å². The number of carbonyl (C=O) groups is 3. The first-order chi connectivity index (χ1) is 19.7. The Labute approximate surface area is 236 Å². The molecule has 216 valence electrons. The summed E-state index contributed by atoms with van der Waals surface area (Å²) in [6.45, 7) is 0.297. The van der Waals surface area contributed by atoms with Crippen LogP contribution in [-0.4, -0.2) is 29.2 Å². The van der Waals surface area contributed by atoms with Crippen molar-refractivity contribution < 1.29 is 32.3 Å². The van der Waals surface area contributed by atoms with Crippen LogP contribution in [-0.2, 0) is 28.6 Å². The number of imide groups is 1. The number of nitrogens with one attached hydrogen (secondary N) is 1. The molecule has 0 spiro atoms. The van der Waals surface area contributed by atoms with Crippen LogP contribution < -0.4 is 10.1 Å². The number of aromatic nitrogens is 1. The molecule has 2 amide bonds. The molecule has 1 saturated heterocycles. The highest BCUT2D eigenvalue weighted by atomic mass is 19.4. The minimum absolute atomic E-state index is 0.109. The average Bonchev–Trinajstić information content (AvgIpc) is 2.95.